The first kappa shape index (κ1) is 35.9. The number of aliphatic hydroxyl groups is 3. The number of rotatable bonds is 12. The monoisotopic (exact) mass is 778 g/mol. The maximum Gasteiger partial charge on any atom is 0.386 e. The lowest BCUT2D eigenvalue weighted by Crippen LogP contribution is -2.35. The first-order chi connectivity index (χ1) is 24.0. The lowest BCUT2D eigenvalue weighted by atomic mass is 10.1. The lowest BCUT2D eigenvalue weighted by molar-refractivity contribution is -0.0511. The van der Waals surface area contributed by atoms with Crippen LogP contribution in [0.25, 0.3) is 22.2 Å². The van der Waals surface area contributed by atoms with Crippen LogP contribution in [-0.2, 0) is 45.1 Å². The molecule has 0 saturated carbocycles. The Morgan fingerprint density at radius 1 is 1.10 bits per heavy atom. The van der Waals surface area contributed by atoms with Crippen molar-refractivity contribution in [3.8, 4) is 0 Å². The molecule has 272 valence electrons. The largest absolute Gasteiger partial charge is 0.395 e. The number of nitrogens with one attached hydrogen (secondary N) is 1. The molecule has 4 aromatic heterocycles. The zero-order valence-corrected chi connectivity index (χ0v) is 29.5. The predicted octanol–water partition coefficient (Wildman–Crippen LogP) is 1.02. The maximum atomic E-state index is 16.1. The molecule has 0 aliphatic carbocycles. The van der Waals surface area contributed by atoms with E-state index in [1.165, 1.54) is 28.1 Å². The van der Waals surface area contributed by atoms with Gasteiger partial charge in [0.25, 0.3) is 5.56 Å². The molecule has 50 heavy (non-hydrogen) atoms. The maximum absolute atomic E-state index is 16.1. The molecule has 0 bridgehead atoms. The third-order valence-corrected chi connectivity index (χ3v) is 11.1. The fourth-order valence-corrected chi connectivity index (χ4v) is 8.77. The number of hydrogen-bond acceptors (Lipinski definition) is 16. The normalized spacial score (nSPS) is 30.0. The van der Waals surface area contributed by atoms with Crippen LogP contribution in [-0.4, -0.2) is 112 Å². The molecule has 2 saturated heterocycles. The van der Waals surface area contributed by atoms with Crippen LogP contribution < -0.4 is 10.9 Å². The first-order valence-electron chi connectivity index (χ1n) is 15.4. The van der Waals surface area contributed by atoms with Gasteiger partial charge in [0, 0.05) is 12.7 Å². The van der Waals surface area contributed by atoms with Crippen molar-refractivity contribution in [1.82, 2.24) is 33.6 Å². The highest BCUT2D eigenvalue weighted by Crippen LogP contribution is 2.57. The number of nitrogens with zero attached hydrogens (tertiary/aromatic N) is 7. The number of imidazole rings is 1. The van der Waals surface area contributed by atoms with Crippen LogP contribution in [0, 0.1) is 0 Å². The van der Waals surface area contributed by atoms with Crippen LogP contribution in [0.4, 0.5) is 10.2 Å². The van der Waals surface area contributed by atoms with Gasteiger partial charge in [-0.1, -0.05) is 24.5 Å². The molecule has 3 aliphatic heterocycles. The molecule has 2 fully saturated rings. The number of alkyl halides is 1. The summed E-state index contributed by atoms with van der Waals surface area (Å²) in [6.45, 7) is -5.37. The Morgan fingerprint density at radius 3 is 2.66 bits per heavy atom. The van der Waals surface area contributed by atoms with Gasteiger partial charge in [0.1, 0.15) is 54.6 Å². The molecule has 3 aliphatic rings. The summed E-state index contributed by atoms with van der Waals surface area (Å²) in [5.74, 6) is 0.612. The fourth-order valence-electron chi connectivity index (χ4n) is 6.43. The van der Waals surface area contributed by atoms with E-state index in [4.69, 9.17) is 23.0 Å². The van der Waals surface area contributed by atoms with Gasteiger partial charge in [-0.25, -0.2) is 28.9 Å². The minimum absolute atomic E-state index is 0.0145. The molecular formula is C26H33FN8O11P2S2. The molecule has 24 heteroatoms. The number of halogens is 1. The summed E-state index contributed by atoms with van der Waals surface area (Å²) >= 11 is 7.85. The summed E-state index contributed by atoms with van der Waals surface area (Å²) in [6.07, 6.45) is -4.59. The minimum Gasteiger partial charge on any atom is -0.395 e. The zero-order valence-electron chi connectivity index (χ0n) is 25.8. The summed E-state index contributed by atoms with van der Waals surface area (Å²) in [4.78, 5) is 29.7. The van der Waals surface area contributed by atoms with Gasteiger partial charge in [-0.15, -0.1) is 0 Å². The van der Waals surface area contributed by atoms with Crippen molar-refractivity contribution >= 4 is 66.5 Å². The Kier molecular flexibility index (Phi) is 10.4. The van der Waals surface area contributed by atoms with E-state index in [-0.39, 0.29) is 24.3 Å². The number of fused-ring (bicyclic) bond motifs is 1. The molecule has 0 spiro atoms. The Bertz CT molecular complexity index is 2020. The van der Waals surface area contributed by atoms with Crippen molar-refractivity contribution in [2.75, 3.05) is 31.7 Å². The third kappa shape index (κ3) is 6.65. The van der Waals surface area contributed by atoms with E-state index in [9.17, 15) is 29.2 Å². The molecule has 0 aromatic carbocycles. The van der Waals surface area contributed by atoms with Crippen molar-refractivity contribution in [2.45, 2.75) is 68.5 Å². The fraction of sp³-hybridized carbons (Fsp3) is 0.577. The summed E-state index contributed by atoms with van der Waals surface area (Å²) < 4.78 is 73.7. The van der Waals surface area contributed by atoms with Gasteiger partial charge >= 0.3 is 6.80 Å². The third-order valence-electron chi connectivity index (χ3n) is 8.70. The SMILES string of the molecule is O=c1c2ncn([C@@H]3O[C@H](COP(=O)(S)O[C@H]4[C@@H](F)[C@H](n5cc6c7c(ncnc75)NCCC6)O[C@@H]4CO)[C@@H](O)[C@H]3O[PH](=O)S)c2ncn1CCO. The van der Waals surface area contributed by atoms with Crippen LogP contribution in [0.3, 0.4) is 0 Å². The number of hydrogen-bond donors (Lipinski definition) is 6. The Hall–Kier alpha value is -2.46. The van der Waals surface area contributed by atoms with Crippen LogP contribution in [0.1, 0.15) is 24.4 Å². The second-order valence-electron chi connectivity index (χ2n) is 11.7. The van der Waals surface area contributed by atoms with Crippen LogP contribution in [0.2, 0.25) is 0 Å². The van der Waals surface area contributed by atoms with E-state index >= 15 is 4.39 Å². The summed E-state index contributed by atoms with van der Waals surface area (Å²) in [5, 5.41) is 34.3. The van der Waals surface area contributed by atoms with Crippen molar-refractivity contribution in [3.63, 3.8) is 0 Å². The molecule has 4 aromatic rings. The second-order valence-corrected chi connectivity index (χ2v) is 16.5. The van der Waals surface area contributed by atoms with E-state index in [0.717, 1.165) is 21.9 Å². The molecule has 19 nitrogen and oxygen atoms in total. The Labute approximate surface area is 292 Å². The number of thiol groups is 2. The van der Waals surface area contributed by atoms with E-state index < -0.39 is 81.9 Å². The van der Waals surface area contributed by atoms with Gasteiger partial charge in [-0.05, 0) is 18.4 Å². The van der Waals surface area contributed by atoms with Crippen LogP contribution in [0.15, 0.2) is 30.0 Å². The number of anilines is 1. The lowest BCUT2D eigenvalue weighted by Gasteiger charge is -2.23. The molecular weight excluding hydrogens is 745 g/mol. The average molecular weight is 779 g/mol. The number of aromatic nitrogens is 7. The summed E-state index contributed by atoms with van der Waals surface area (Å²) in [5.41, 5.74) is 0.722. The van der Waals surface area contributed by atoms with Crippen LogP contribution >= 0.6 is 38.5 Å². The molecule has 7 rings (SSSR count). The van der Waals surface area contributed by atoms with Crippen molar-refractivity contribution in [3.05, 3.63) is 41.1 Å². The Balaban J connectivity index is 1.07. The van der Waals surface area contributed by atoms with Gasteiger partial charge in [-0.2, -0.15) is 0 Å². The molecule has 10 atom stereocenters. The van der Waals surface area contributed by atoms with E-state index in [1.54, 1.807) is 6.20 Å². The highest BCUT2D eigenvalue weighted by Gasteiger charge is 2.51. The quantitative estimate of drug-likeness (QED) is 0.0870. The van der Waals surface area contributed by atoms with Gasteiger partial charge in [0.05, 0.1) is 38.1 Å². The first-order valence-corrected chi connectivity index (χ1v) is 20.7. The summed E-state index contributed by atoms with van der Waals surface area (Å²) in [6, 6.07) is 0. The van der Waals surface area contributed by atoms with Gasteiger partial charge in [0.2, 0.25) is 7.23 Å². The second kappa shape index (κ2) is 14.5. The minimum atomic E-state index is -4.44. The van der Waals surface area contributed by atoms with E-state index in [1.807, 2.05) is 0 Å². The highest BCUT2D eigenvalue weighted by molar-refractivity contribution is 8.44. The highest BCUT2D eigenvalue weighted by atomic mass is 32.7. The van der Waals surface area contributed by atoms with Crippen molar-refractivity contribution < 1.29 is 51.9 Å². The van der Waals surface area contributed by atoms with Gasteiger partial charge in [-0.3, -0.25) is 27.5 Å². The number of ether oxygens (including phenoxy) is 2. The Morgan fingerprint density at radius 2 is 1.90 bits per heavy atom. The molecule has 2 unspecified atom stereocenters. The topological polar surface area (TPSA) is 236 Å². The van der Waals surface area contributed by atoms with Gasteiger partial charge < -0.3 is 39.2 Å². The number of aryl methyl sites for hydroxylation is 1. The molecule has 7 heterocycles. The van der Waals surface area contributed by atoms with Crippen LogP contribution in [0.5, 0.6) is 0 Å². The predicted molar refractivity (Wildman–Crippen MR) is 179 cm³/mol. The average Bonchev–Trinajstić information content (AvgIpc) is 3.79. The van der Waals surface area contributed by atoms with Crippen molar-refractivity contribution in [2.24, 2.45) is 0 Å². The van der Waals surface area contributed by atoms with E-state index in [0.29, 0.717) is 24.4 Å². The molecule has 4 N–H and O–H groups in total. The number of aliphatic hydroxyl groups excluding tert-OH is 3. The zero-order chi connectivity index (χ0) is 35.3. The smallest absolute Gasteiger partial charge is 0.386 e. The summed E-state index contributed by atoms with van der Waals surface area (Å²) in [7, 11) is -2.96. The molecule has 0 radical (unpaired) electrons. The van der Waals surface area contributed by atoms with E-state index in [2.05, 4.69) is 49.7 Å². The molecule has 0 amide bonds. The standard InChI is InChI=1S/C26H33FN8O11P2S2/c27-16-19(13(7-37)43-25(16)34-6-12-2-1-3-28-21-15(12)22(34)30-9-29-21)46-48(41,50)42-8-14-18(38)20(45-47(40)49)26(44-14)35-11-31-17-23(35)32-10-33(4-5-36)24(17)39/h6,9-11,13-14,16,18-20,25-26,36-38,47H,1-5,7-8H2,(H,40,49)(H,41,50)(H,28,29,30)/t13-,14-,16-,18-,19-,20-,25-,26-,48?/m1/s1. The van der Waals surface area contributed by atoms with Crippen molar-refractivity contribution in [1.29, 1.82) is 0 Å². The van der Waals surface area contributed by atoms with Gasteiger partial charge in [0.15, 0.2) is 29.8 Å².